The van der Waals surface area contributed by atoms with Crippen molar-refractivity contribution in [2.24, 2.45) is 0 Å². The van der Waals surface area contributed by atoms with Crippen LogP contribution in [0.1, 0.15) is 12.8 Å². The SMILES string of the molecule is CN(C)C1C(O)CCC(O)C1O. The lowest BCUT2D eigenvalue weighted by atomic mass is 9.87. The summed E-state index contributed by atoms with van der Waals surface area (Å²) in [5.41, 5.74) is 0. The number of aliphatic hydroxyl groups excluding tert-OH is 3. The van der Waals surface area contributed by atoms with Gasteiger partial charge < -0.3 is 20.2 Å². The molecule has 72 valence electrons. The summed E-state index contributed by atoms with van der Waals surface area (Å²) in [7, 11) is 3.57. The Morgan fingerprint density at radius 1 is 1.00 bits per heavy atom. The molecule has 0 spiro atoms. The lowest BCUT2D eigenvalue weighted by molar-refractivity contribution is -0.102. The second-order valence-corrected chi connectivity index (χ2v) is 3.66. The molecule has 0 aromatic carbocycles. The van der Waals surface area contributed by atoms with E-state index in [0.29, 0.717) is 12.8 Å². The van der Waals surface area contributed by atoms with Gasteiger partial charge in [0.15, 0.2) is 0 Å². The molecule has 0 aromatic rings. The van der Waals surface area contributed by atoms with E-state index in [2.05, 4.69) is 0 Å². The van der Waals surface area contributed by atoms with Gasteiger partial charge in [-0.25, -0.2) is 0 Å². The van der Waals surface area contributed by atoms with Crippen LogP contribution in [-0.2, 0) is 0 Å². The van der Waals surface area contributed by atoms with Crippen LogP contribution in [0.15, 0.2) is 0 Å². The third-order valence-electron chi connectivity index (χ3n) is 2.49. The number of hydrogen-bond donors (Lipinski definition) is 3. The van der Waals surface area contributed by atoms with Gasteiger partial charge in [0.2, 0.25) is 0 Å². The second kappa shape index (κ2) is 3.70. The maximum atomic E-state index is 9.53. The fourth-order valence-corrected chi connectivity index (χ4v) is 1.79. The minimum absolute atomic E-state index is 0.339. The predicted molar refractivity (Wildman–Crippen MR) is 44.7 cm³/mol. The van der Waals surface area contributed by atoms with Crippen LogP contribution in [0.25, 0.3) is 0 Å². The Morgan fingerprint density at radius 2 is 1.50 bits per heavy atom. The number of hydrogen-bond acceptors (Lipinski definition) is 4. The van der Waals surface area contributed by atoms with Gasteiger partial charge in [0.05, 0.1) is 24.4 Å². The van der Waals surface area contributed by atoms with Gasteiger partial charge in [0.1, 0.15) is 0 Å². The molecule has 1 aliphatic carbocycles. The molecule has 1 fully saturated rings. The molecule has 4 unspecified atom stereocenters. The molecule has 3 N–H and O–H groups in total. The van der Waals surface area contributed by atoms with E-state index in [-0.39, 0.29) is 6.04 Å². The molecule has 0 amide bonds. The van der Waals surface area contributed by atoms with Gasteiger partial charge in [-0.1, -0.05) is 0 Å². The van der Waals surface area contributed by atoms with Crippen LogP contribution in [0, 0.1) is 0 Å². The molecule has 4 heteroatoms. The first-order valence-corrected chi connectivity index (χ1v) is 4.24. The van der Waals surface area contributed by atoms with Gasteiger partial charge in [-0.3, -0.25) is 0 Å². The molecular weight excluding hydrogens is 158 g/mol. The average molecular weight is 175 g/mol. The summed E-state index contributed by atoms with van der Waals surface area (Å²) in [6.07, 6.45) is -1.02. The van der Waals surface area contributed by atoms with Crippen LogP contribution >= 0.6 is 0 Å². The third kappa shape index (κ3) is 1.77. The van der Waals surface area contributed by atoms with Crippen molar-refractivity contribution in [1.82, 2.24) is 4.90 Å². The molecule has 1 rings (SSSR count). The Kier molecular flexibility index (Phi) is 3.06. The van der Waals surface area contributed by atoms with Crippen molar-refractivity contribution in [2.75, 3.05) is 14.1 Å². The van der Waals surface area contributed by atoms with Crippen LogP contribution in [-0.4, -0.2) is 58.7 Å². The zero-order valence-corrected chi connectivity index (χ0v) is 7.51. The van der Waals surface area contributed by atoms with Crippen molar-refractivity contribution in [1.29, 1.82) is 0 Å². The highest BCUT2D eigenvalue weighted by molar-refractivity contribution is 4.92. The van der Waals surface area contributed by atoms with Crippen molar-refractivity contribution >= 4 is 0 Å². The molecule has 0 heterocycles. The summed E-state index contributed by atoms with van der Waals surface area (Å²) in [4.78, 5) is 1.75. The highest BCUT2D eigenvalue weighted by Crippen LogP contribution is 2.22. The van der Waals surface area contributed by atoms with Crippen LogP contribution in [0.3, 0.4) is 0 Å². The van der Waals surface area contributed by atoms with E-state index >= 15 is 0 Å². The second-order valence-electron chi connectivity index (χ2n) is 3.66. The summed E-state index contributed by atoms with van der Waals surface area (Å²) in [6.45, 7) is 0. The molecule has 0 aromatic heterocycles. The third-order valence-corrected chi connectivity index (χ3v) is 2.49. The fraction of sp³-hybridized carbons (Fsp3) is 1.00. The Labute approximate surface area is 72.4 Å². The van der Waals surface area contributed by atoms with E-state index in [4.69, 9.17) is 0 Å². The van der Waals surface area contributed by atoms with Crippen LogP contribution in [0.4, 0.5) is 0 Å². The van der Waals surface area contributed by atoms with Crippen LogP contribution in [0.5, 0.6) is 0 Å². The molecule has 0 bridgehead atoms. The van der Waals surface area contributed by atoms with Gasteiger partial charge in [0, 0.05) is 0 Å². The molecule has 1 aliphatic rings. The lowest BCUT2D eigenvalue weighted by Crippen LogP contribution is -2.55. The van der Waals surface area contributed by atoms with E-state index in [1.807, 2.05) is 0 Å². The zero-order valence-electron chi connectivity index (χ0n) is 7.51. The Morgan fingerprint density at radius 3 is 1.92 bits per heavy atom. The van der Waals surface area contributed by atoms with Crippen molar-refractivity contribution in [3.8, 4) is 0 Å². The fourth-order valence-electron chi connectivity index (χ4n) is 1.79. The first kappa shape index (κ1) is 9.92. The molecule has 0 aliphatic heterocycles. The van der Waals surface area contributed by atoms with E-state index < -0.39 is 18.3 Å². The van der Waals surface area contributed by atoms with Crippen LogP contribution < -0.4 is 0 Å². The Bertz CT molecular complexity index is 151. The average Bonchev–Trinajstić information content (AvgIpc) is 1.97. The predicted octanol–water partition coefficient (Wildman–Crippen LogP) is -1.21. The number of aliphatic hydroxyl groups is 3. The molecule has 12 heavy (non-hydrogen) atoms. The van der Waals surface area contributed by atoms with E-state index in [1.54, 1.807) is 19.0 Å². The van der Waals surface area contributed by atoms with E-state index in [9.17, 15) is 15.3 Å². The van der Waals surface area contributed by atoms with Crippen LogP contribution in [0.2, 0.25) is 0 Å². The van der Waals surface area contributed by atoms with Crippen molar-refractivity contribution in [2.45, 2.75) is 37.2 Å². The Hall–Kier alpha value is -0.160. The normalized spacial score (nSPS) is 43.5. The molecule has 1 saturated carbocycles. The molecular formula is C8H17NO3. The molecule has 4 atom stereocenters. The Balaban J connectivity index is 2.65. The van der Waals surface area contributed by atoms with Gasteiger partial charge >= 0.3 is 0 Å². The smallest absolute Gasteiger partial charge is 0.0978 e. The number of rotatable bonds is 1. The summed E-state index contributed by atoms with van der Waals surface area (Å²) >= 11 is 0. The van der Waals surface area contributed by atoms with Gasteiger partial charge in [0.25, 0.3) is 0 Å². The minimum atomic E-state index is -0.830. The van der Waals surface area contributed by atoms with Crippen molar-refractivity contribution in [3.63, 3.8) is 0 Å². The lowest BCUT2D eigenvalue weighted by Gasteiger charge is -2.39. The summed E-state index contributed by atoms with van der Waals surface area (Å²) < 4.78 is 0. The number of likely N-dealkylation sites (N-methyl/N-ethyl adjacent to an activating group) is 1. The highest BCUT2D eigenvalue weighted by atomic mass is 16.3. The van der Waals surface area contributed by atoms with E-state index in [0.717, 1.165) is 0 Å². The van der Waals surface area contributed by atoms with E-state index in [1.165, 1.54) is 0 Å². The maximum absolute atomic E-state index is 9.53. The van der Waals surface area contributed by atoms with Gasteiger partial charge in [-0.15, -0.1) is 0 Å². The zero-order chi connectivity index (χ0) is 9.30. The quantitative estimate of drug-likeness (QED) is 0.468. The molecule has 4 nitrogen and oxygen atoms in total. The minimum Gasteiger partial charge on any atom is -0.391 e. The summed E-state index contributed by atoms with van der Waals surface area (Å²) in [5, 5.41) is 28.4. The first-order chi connectivity index (χ1) is 5.54. The highest BCUT2D eigenvalue weighted by Gasteiger charge is 2.37. The van der Waals surface area contributed by atoms with Gasteiger partial charge in [-0.05, 0) is 26.9 Å². The maximum Gasteiger partial charge on any atom is 0.0978 e. The monoisotopic (exact) mass is 175 g/mol. The standard InChI is InChI=1S/C8H17NO3/c1-9(2)7-5(10)3-4-6(11)8(7)12/h5-8,10-12H,3-4H2,1-2H3. The molecule has 0 radical (unpaired) electrons. The van der Waals surface area contributed by atoms with Gasteiger partial charge in [-0.2, -0.15) is 0 Å². The van der Waals surface area contributed by atoms with Crippen molar-refractivity contribution in [3.05, 3.63) is 0 Å². The summed E-state index contributed by atoms with van der Waals surface area (Å²) in [5.74, 6) is 0. The van der Waals surface area contributed by atoms with Crippen molar-refractivity contribution < 1.29 is 15.3 Å². The summed E-state index contributed by atoms with van der Waals surface area (Å²) in [6, 6.07) is -0.339. The number of nitrogens with zero attached hydrogens (tertiary/aromatic N) is 1. The topological polar surface area (TPSA) is 63.9 Å². The first-order valence-electron chi connectivity index (χ1n) is 4.24. The largest absolute Gasteiger partial charge is 0.391 e. The molecule has 0 saturated heterocycles.